The highest BCUT2D eigenvalue weighted by Gasteiger charge is 2.41. The van der Waals surface area contributed by atoms with Crippen molar-refractivity contribution in [3.05, 3.63) is 0 Å². The van der Waals surface area contributed by atoms with Gasteiger partial charge in [0.15, 0.2) is 24.3 Å². The second-order valence-corrected chi connectivity index (χ2v) is 5.58. The summed E-state index contributed by atoms with van der Waals surface area (Å²) in [7, 11) is 0. The third-order valence-corrected chi connectivity index (χ3v) is 3.38. The lowest BCUT2D eigenvalue weighted by atomic mass is 9.75. The molecule has 0 radical (unpaired) electrons. The highest BCUT2D eigenvalue weighted by atomic mass is 35.5. The summed E-state index contributed by atoms with van der Waals surface area (Å²) in [6, 6.07) is -1.78. The Morgan fingerprint density at radius 3 is 0.880 bits per heavy atom. The van der Waals surface area contributed by atoms with E-state index in [0.29, 0.717) is 0 Å². The Bertz CT molecular complexity index is 385. The molecule has 0 fully saturated rings. The van der Waals surface area contributed by atoms with E-state index in [0.717, 1.165) is 0 Å². The Balaban J connectivity index is 5.55. The van der Waals surface area contributed by atoms with Gasteiger partial charge in [-0.25, -0.2) is 0 Å². The van der Waals surface area contributed by atoms with Crippen LogP contribution in [0.15, 0.2) is 0 Å². The van der Waals surface area contributed by atoms with Gasteiger partial charge in [-0.1, -0.05) is 46.4 Å². The summed E-state index contributed by atoms with van der Waals surface area (Å²) in [6.07, 6.45) is -2.03. The van der Waals surface area contributed by atoms with E-state index in [1.54, 1.807) is 0 Å². The summed E-state index contributed by atoms with van der Waals surface area (Å²) in [4.78, 5) is 47.3. The number of alkyl halides is 4. The molecule has 0 heterocycles. The first kappa shape index (κ1) is 24.0. The van der Waals surface area contributed by atoms with Crippen LogP contribution in [0.4, 0.5) is 0 Å². The predicted octanol–water partition coefficient (Wildman–Crippen LogP) is 2.49. The fourth-order valence-corrected chi connectivity index (χ4v) is 2.53. The molecule has 0 aromatic heterocycles. The van der Waals surface area contributed by atoms with E-state index in [2.05, 4.69) is 18.9 Å². The van der Waals surface area contributed by atoms with Gasteiger partial charge in [0.25, 0.3) is 0 Å². The Morgan fingerprint density at radius 1 is 0.520 bits per heavy atom. The van der Waals surface area contributed by atoms with Crippen LogP contribution in [0.1, 0.15) is 25.7 Å². The van der Waals surface area contributed by atoms with Crippen molar-refractivity contribution in [3.8, 4) is 0 Å². The quantitative estimate of drug-likeness (QED) is 0.258. The van der Waals surface area contributed by atoms with Gasteiger partial charge in [0, 0.05) is 5.41 Å². The first-order valence-electron chi connectivity index (χ1n) is 6.69. The van der Waals surface area contributed by atoms with Gasteiger partial charge in [-0.05, 0) is 0 Å². The van der Waals surface area contributed by atoms with Gasteiger partial charge in [0.05, 0.1) is 25.7 Å². The molecular weight excluding hydrogens is 426 g/mol. The first-order valence-corrected chi connectivity index (χ1v) is 8.82. The SMILES string of the molecule is O=C(CC(CC(=O)OCCl)(CC(=O)OCCl)CC(=O)OCCl)OCCl. The molecule has 0 aliphatic rings. The van der Waals surface area contributed by atoms with Crippen molar-refractivity contribution in [2.45, 2.75) is 25.7 Å². The molecule has 0 aromatic carbocycles. The summed E-state index contributed by atoms with van der Waals surface area (Å²) >= 11 is 21.3. The van der Waals surface area contributed by atoms with E-state index in [-0.39, 0.29) is 0 Å². The molecule has 12 heteroatoms. The van der Waals surface area contributed by atoms with E-state index in [1.807, 2.05) is 0 Å². The van der Waals surface area contributed by atoms with E-state index in [9.17, 15) is 19.2 Å². The van der Waals surface area contributed by atoms with Crippen LogP contribution in [-0.2, 0) is 38.1 Å². The van der Waals surface area contributed by atoms with Crippen LogP contribution in [0.2, 0.25) is 0 Å². The number of halogens is 4. The molecule has 144 valence electrons. The Hall–Kier alpha value is -0.960. The summed E-state index contributed by atoms with van der Waals surface area (Å²) in [5.74, 6) is -3.37. The molecule has 0 aliphatic carbocycles. The van der Waals surface area contributed by atoms with Crippen molar-refractivity contribution in [2.24, 2.45) is 5.41 Å². The van der Waals surface area contributed by atoms with E-state index < -0.39 is 79.2 Å². The summed E-state index contributed by atoms with van der Waals surface area (Å²) < 4.78 is 18.5. The fraction of sp³-hybridized carbons (Fsp3) is 0.692. The van der Waals surface area contributed by atoms with Crippen LogP contribution >= 0.6 is 46.4 Å². The molecule has 0 N–H and O–H groups in total. The minimum absolute atomic E-state index is 0.445. The molecule has 0 saturated heterocycles. The standard InChI is InChI=1S/C13H16Cl4O8/c14-5-22-9(18)1-13(2-10(19)23-6-15,3-11(20)24-7-16)4-12(21)25-8-17/h1-8H2. The number of ether oxygens (including phenoxy) is 4. The molecule has 0 aliphatic heterocycles. The van der Waals surface area contributed by atoms with Crippen molar-refractivity contribution >= 4 is 70.3 Å². The smallest absolute Gasteiger partial charge is 0.307 e. The number of esters is 4. The first-order chi connectivity index (χ1) is 11.8. The van der Waals surface area contributed by atoms with Crippen LogP contribution < -0.4 is 0 Å². The van der Waals surface area contributed by atoms with Crippen molar-refractivity contribution < 1.29 is 38.1 Å². The van der Waals surface area contributed by atoms with E-state index >= 15 is 0 Å². The predicted molar refractivity (Wildman–Crippen MR) is 88.1 cm³/mol. The van der Waals surface area contributed by atoms with Gasteiger partial charge in [-0.15, -0.1) is 0 Å². The maximum absolute atomic E-state index is 11.8. The lowest BCUT2D eigenvalue weighted by Crippen LogP contribution is -2.35. The normalized spacial score (nSPS) is 10.7. The summed E-state index contributed by atoms with van der Waals surface area (Å²) in [5.41, 5.74) is -1.54. The molecule has 25 heavy (non-hydrogen) atoms. The largest absolute Gasteiger partial charge is 0.449 e. The molecule has 0 atom stereocenters. The lowest BCUT2D eigenvalue weighted by molar-refractivity contribution is -0.156. The second-order valence-electron chi connectivity index (χ2n) is 4.71. The molecule has 0 spiro atoms. The zero-order valence-electron chi connectivity index (χ0n) is 12.9. The molecule has 0 aromatic rings. The minimum atomic E-state index is -1.54. The molecule has 0 amide bonds. The van der Waals surface area contributed by atoms with Crippen molar-refractivity contribution in [2.75, 3.05) is 24.3 Å². The van der Waals surface area contributed by atoms with Crippen LogP contribution in [0, 0.1) is 5.41 Å². The van der Waals surface area contributed by atoms with Crippen molar-refractivity contribution in [1.29, 1.82) is 0 Å². The zero-order valence-corrected chi connectivity index (χ0v) is 16.0. The highest BCUT2D eigenvalue weighted by molar-refractivity contribution is 6.18. The Morgan fingerprint density at radius 2 is 0.720 bits per heavy atom. The number of hydrogen-bond donors (Lipinski definition) is 0. The zero-order chi connectivity index (χ0) is 19.3. The second kappa shape index (κ2) is 13.3. The number of hydrogen-bond acceptors (Lipinski definition) is 8. The molecule has 8 nitrogen and oxygen atoms in total. The molecular formula is C13H16Cl4O8. The van der Waals surface area contributed by atoms with Crippen molar-refractivity contribution in [3.63, 3.8) is 0 Å². The maximum atomic E-state index is 11.8. The van der Waals surface area contributed by atoms with Crippen LogP contribution in [-0.4, -0.2) is 48.1 Å². The third-order valence-electron chi connectivity index (χ3n) is 2.94. The maximum Gasteiger partial charge on any atom is 0.307 e. The van der Waals surface area contributed by atoms with Gasteiger partial charge >= 0.3 is 23.9 Å². The number of rotatable bonds is 12. The average molecular weight is 442 g/mol. The van der Waals surface area contributed by atoms with Gasteiger partial charge in [-0.3, -0.25) is 19.2 Å². The Kier molecular flexibility index (Phi) is 12.8. The van der Waals surface area contributed by atoms with Gasteiger partial charge in [0.1, 0.15) is 0 Å². The topological polar surface area (TPSA) is 105 Å². The van der Waals surface area contributed by atoms with Gasteiger partial charge < -0.3 is 18.9 Å². The number of carbonyl (C=O) groups is 4. The van der Waals surface area contributed by atoms with E-state index in [4.69, 9.17) is 46.4 Å². The fourth-order valence-electron chi connectivity index (χ4n) is 2.05. The van der Waals surface area contributed by atoms with E-state index in [1.165, 1.54) is 0 Å². The highest BCUT2D eigenvalue weighted by Crippen LogP contribution is 2.37. The minimum Gasteiger partial charge on any atom is -0.449 e. The van der Waals surface area contributed by atoms with Crippen LogP contribution in [0.5, 0.6) is 0 Å². The Labute approximate surface area is 163 Å². The van der Waals surface area contributed by atoms with Crippen LogP contribution in [0.3, 0.4) is 0 Å². The summed E-state index contributed by atoms with van der Waals surface area (Å²) in [5, 5.41) is 0. The van der Waals surface area contributed by atoms with Crippen LogP contribution in [0.25, 0.3) is 0 Å². The van der Waals surface area contributed by atoms with Gasteiger partial charge in [0.2, 0.25) is 0 Å². The third kappa shape index (κ3) is 10.6. The monoisotopic (exact) mass is 440 g/mol. The summed E-state index contributed by atoms with van der Waals surface area (Å²) in [6.45, 7) is 0. The molecule has 0 unspecified atom stereocenters. The molecule has 0 rings (SSSR count). The molecule has 0 saturated carbocycles. The van der Waals surface area contributed by atoms with Gasteiger partial charge in [-0.2, -0.15) is 0 Å². The molecule has 0 bridgehead atoms. The lowest BCUT2D eigenvalue weighted by Gasteiger charge is -2.30. The average Bonchev–Trinajstić information content (AvgIpc) is 2.47. The van der Waals surface area contributed by atoms with Crippen molar-refractivity contribution in [1.82, 2.24) is 0 Å². The number of carbonyl (C=O) groups excluding carboxylic acids is 4.